The Morgan fingerprint density at radius 1 is 1.18 bits per heavy atom. The van der Waals surface area contributed by atoms with E-state index in [1.165, 1.54) is 12.3 Å². The number of benzene rings is 1. The van der Waals surface area contributed by atoms with Crippen LogP contribution in [0.1, 0.15) is 37.0 Å². The molecule has 5 heterocycles. The van der Waals surface area contributed by atoms with Gasteiger partial charge >= 0.3 is 6.09 Å². The van der Waals surface area contributed by atoms with E-state index in [4.69, 9.17) is 31.5 Å². The van der Waals surface area contributed by atoms with Crippen molar-refractivity contribution in [2.75, 3.05) is 42.2 Å². The lowest BCUT2D eigenvalue weighted by Crippen LogP contribution is -2.45. The van der Waals surface area contributed by atoms with Crippen molar-refractivity contribution < 1.29 is 28.9 Å². The summed E-state index contributed by atoms with van der Waals surface area (Å²) in [5, 5.41) is 16.4. The van der Waals surface area contributed by atoms with Crippen molar-refractivity contribution in [2.45, 2.75) is 36.6 Å². The molecule has 0 bridgehead atoms. The van der Waals surface area contributed by atoms with Crippen LogP contribution in [-0.2, 0) is 14.2 Å². The van der Waals surface area contributed by atoms with E-state index in [1.807, 2.05) is 0 Å². The van der Waals surface area contributed by atoms with Crippen molar-refractivity contribution in [3.63, 3.8) is 0 Å². The molecule has 260 valence electrons. The van der Waals surface area contributed by atoms with Crippen LogP contribution in [0.15, 0.2) is 87.6 Å². The molecule has 1 saturated heterocycles. The zero-order valence-corrected chi connectivity index (χ0v) is 28.6. The van der Waals surface area contributed by atoms with Crippen LogP contribution in [0.4, 0.5) is 22.1 Å². The number of hydrogen-bond donors (Lipinski definition) is 4. The number of nitrogens with zero attached hydrogens (tertiary/aromatic N) is 5. The molecule has 1 fully saturated rings. The molecule has 0 aliphatic carbocycles. The lowest BCUT2D eigenvalue weighted by molar-refractivity contribution is 0.102. The first-order chi connectivity index (χ1) is 23.9. The van der Waals surface area contributed by atoms with Gasteiger partial charge in [-0.15, -0.1) is 0 Å². The van der Waals surface area contributed by atoms with Crippen LogP contribution in [0.25, 0.3) is 5.65 Å². The standard InChI is InChI=1S/C33H33ClN8O7S/c1-18-21(49-19(2)48-18)16-47-32(46)37-17-33(3)10-13-41(14-11-33)24-15-36-30(27(35)39-24)50-22-8-6-7-20(26(22)34)38-28(43)25-29(44)40-23-9-4-5-12-42(23)31(25)45/h4-9,12,15,44H,2,10-11,13-14,16-17H2,1,3H3,(H2,35,39)(H,37,46)(H,38,43). The fraction of sp³-hybridized carbons (Fsp3) is 0.273. The number of amides is 2. The zero-order valence-electron chi connectivity index (χ0n) is 27.1. The normalized spacial score (nSPS) is 15.4. The third kappa shape index (κ3) is 7.40. The number of carbonyl (C=O) groups excluding carboxylic acids is 2. The maximum atomic E-state index is 13.1. The molecule has 0 spiro atoms. The van der Waals surface area contributed by atoms with Crippen molar-refractivity contribution in [1.29, 1.82) is 0 Å². The van der Waals surface area contributed by atoms with Crippen LogP contribution in [0.5, 0.6) is 5.88 Å². The van der Waals surface area contributed by atoms with Crippen LogP contribution in [0.3, 0.4) is 0 Å². The van der Waals surface area contributed by atoms with Crippen molar-refractivity contribution in [1.82, 2.24) is 24.7 Å². The molecule has 0 unspecified atom stereocenters. The summed E-state index contributed by atoms with van der Waals surface area (Å²) < 4.78 is 16.9. The summed E-state index contributed by atoms with van der Waals surface area (Å²) in [7, 11) is 0. The number of aromatic hydroxyl groups is 1. The number of pyridine rings is 1. The molecule has 2 amide bonds. The van der Waals surface area contributed by atoms with Crippen LogP contribution in [0.2, 0.25) is 5.02 Å². The fourth-order valence-electron chi connectivity index (χ4n) is 5.37. The van der Waals surface area contributed by atoms with Gasteiger partial charge in [0, 0.05) is 30.7 Å². The van der Waals surface area contributed by atoms with Crippen molar-refractivity contribution in [2.24, 2.45) is 5.41 Å². The quantitative estimate of drug-likeness (QED) is 0.182. The summed E-state index contributed by atoms with van der Waals surface area (Å²) in [6, 6.07) is 9.76. The molecule has 17 heteroatoms. The number of allylic oxidation sites excluding steroid dienone is 1. The molecule has 0 atom stereocenters. The average molecular weight is 721 g/mol. The molecule has 2 aliphatic heterocycles. The second-order valence-electron chi connectivity index (χ2n) is 11.9. The number of halogens is 1. The SMILES string of the molecule is C=C1OC(C)=C(COC(=O)NCC2(C)CCN(c3cnc(Sc4cccc(NC(=O)c5c(O)nc6ccccn6c5=O)c4Cl)c(N)n3)CC2)O1. The number of piperidine rings is 1. The van der Waals surface area contributed by atoms with Gasteiger partial charge in [-0.1, -0.05) is 42.4 Å². The van der Waals surface area contributed by atoms with Crippen molar-refractivity contribution in [3.8, 4) is 5.88 Å². The topological polar surface area (TPSA) is 196 Å². The van der Waals surface area contributed by atoms with E-state index < -0.39 is 29.0 Å². The Bertz CT molecular complexity index is 2100. The first kappa shape index (κ1) is 34.4. The third-order valence-corrected chi connectivity index (χ3v) is 9.88. The van der Waals surface area contributed by atoms with Gasteiger partial charge in [-0.3, -0.25) is 14.0 Å². The van der Waals surface area contributed by atoms with Crippen molar-refractivity contribution >= 4 is 58.3 Å². The van der Waals surface area contributed by atoms with E-state index >= 15 is 0 Å². The summed E-state index contributed by atoms with van der Waals surface area (Å²) in [6.45, 7) is 9.12. The number of fused-ring (bicyclic) bond motifs is 1. The number of nitrogens with one attached hydrogen (secondary N) is 2. The number of ether oxygens (including phenoxy) is 3. The number of carbonyl (C=O) groups is 2. The summed E-state index contributed by atoms with van der Waals surface area (Å²) in [5.41, 5.74) is 5.33. The van der Waals surface area contributed by atoms with E-state index in [0.29, 0.717) is 46.9 Å². The molecule has 0 saturated carbocycles. The number of nitrogen functional groups attached to an aromatic ring is 1. The fourth-order valence-corrected chi connectivity index (χ4v) is 6.47. The molecule has 15 nitrogen and oxygen atoms in total. The summed E-state index contributed by atoms with van der Waals surface area (Å²) in [5.74, 6) is 0.317. The highest BCUT2D eigenvalue weighted by Gasteiger charge is 2.32. The van der Waals surface area contributed by atoms with Gasteiger partial charge in [-0.05, 0) is 56.0 Å². The van der Waals surface area contributed by atoms with Gasteiger partial charge in [0.1, 0.15) is 22.3 Å². The van der Waals surface area contributed by atoms with Crippen LogP contribution in [0, 0.1) is 5.41 Å². The van der Waals surface area contributed by atoms with Crippen LogP contribution in [-0.4, -0.2) is 62.7 Å². The van der Waals surface area contributed by atoms with Crippen LogP contribution < -0.4 is 26.8 Å². The second-order valence-corrected chi connectivity index (χ2v) is 13.3. The molecule has 50 heavy (non-hydrogen) atoms. The Kier molecular flexibility index (Phi) is 9.74. The van der Waals surface area contributed by atoms with E-state index in [2.05, 4.69) is 44.0 Å². The Balaban J connectivity index is 1.05. The van der Waals surface area contributed by atoms with Gasteiger partial charge in [-0.2, -0.15) is 4.98 Å². The molecule has 2 aliphatic rings. The van der Waals surface area contributed by atoms with Crippen LogP contribution >= 0.6 is 23.4 Å². The lowest BCUT2D eigenvalue weighted by Gasteiger charge is -2.39. The Morgan fingerprint density at radius 3 is 2.68 bits per heavy atom. The minimum atomic E-state index is -0.871. The lowest BCUT2D eigenvalue weighted by atomic mass is 9.80. The summed E-state index contributed by atoms with van der Waals surface area (Å²) >= 11 is 7.82. The van der Waals surface area contributed by atoms with Crippen molar-refractivity contribution in [3.05, 3.63) is 93.8 Å². The molecular weight excluding hydrogens is 688 g/mol. The first-order valence-electron chi connectivity index (χ1n) is 15.4. The second kappa shape index (κ2) is 14.2. The Morgan fingerprint density at radius 2 is 1.96 bits per heavy atom. The van der Waals surface area contributed by atoms with E-state index in [-0.39, 0.29) is 40.1 Å². The van der Waals surface area contributed by atoms with Gasteiger partial charge < -0.3 is 40.6 Å². The number of nitrogens with two attached hydrogens (primary N) is 1. The number of anilines is 3. The predicted molar refractivity (Wildman–Crippen MR) is 186 cm³/mol. The predicted octanol–water partition coefficient (Wildman–Crippen LogP) is 4.91. The number of hydrogen-bond acceptors (Lipinski definition) is 13. The van der Waals surface area contributed by atoms with Gasteiger partial charge in [0.15, 0.2) is 23.7 Å². The highest BCUT2D eigenvalue weighted by molar-refractivity contribution is 7.99. The largest absolute Gasteiger partial charge is 0.493 e. The van der Waals surface area contributed by atoms with Gasteiger partial charge in [0.2, 0.25) is 5.88 Å². The molecule has 5 N–H and O–H groups in total. The zero-order chi connectivity index (χ0) is 35.6. The molecule has 4 aromatic rings. The molecule has 0 radical (unpaired) electrons. The third-order valence-electron chi connectivity index (χ3n) is 8.30. The minimum absolute atomic E-state index is 0.0538. The number of aromatic nitrogens is 4. The highest BCUT2D eigenvalue weighted by atomic mass is 35.5. The first-order valence-corrected chi connectivity index (χ1v) is 16.6. The molecular formula is C33H33ClN8O7S. The minimum Gasteiger partial charge on any atom is -0.493 e. The van der Waals surface area contributed by atoms with Gasteiger partial charge in [0.25, 0.3) is 17.4 Å². The summed E-state index contributed by atoms with van der Waals surface area (Å²) in [6.07, 6.45) is 4.10. The van der Waals surface area contributed by atoms with E-state index in [9.17, 15) is 19.5 Å². The summed E-state index contributed by atoms with van der Waals surface area (Å²) in [4.78, 5) is 54.0. The Labute approximate surface area is 295 Å². The maximum absolute atomic E-state index is 13.1. The smallest absolute Gasteiger partial charge is 0.407 e. The van der Waals surface area contributed by atoms with Gasteiger partial charge in [0.05, 0.1) is 16.9 Å². The molecule has 6 rings (SSSR count). The molecule has 1 aromatic carbocycles. The monoisotopic (exact) mass is 720 g/mol. The Hall–Kier alpha value is -5.48. The highest BCUT2D eigenvalue weighted by Crippen LogP contribution is 2.39. The van der Waals surface area contributed by atoms with Gasteiger partial charge in [-0.25, -0.2) is 14.8 Å². The molecule has 3 aromatic heterocycles. The number of alkyl carbamates (subject to hydrolysis) is 1. The van der Waals surface area contributed by atoms with E-state index in [0.717, 1.165) is 29.0 Å². The maximum Gasteiger partial charge on any atom is 0.407 e. The number of rotatable bonds is 9. The van der Waals surface area contributed by atoms with E-state index in [1.54, 1.807) is 43.5 Å². The average Bonchev–Trinajstić information content (AvgIpc) is 3.42.